The number of halogens is 1. The lowest BCUT2D eigenvalue weighted by molar-refractivity contribution is -0.131. The van der Waals surface area contributed by atoms with Crippen LogP contribution in [0.5, 0.6) is 0 Å². The molecule has 1 aliphatic rings. The quantitative estimate of drug-likeness (QED) is 0.496. The highest BCUT2D eigenvalue weighted by Gasteiger charge is 2.26. The van der Waals surface area contributed by atoms with E-state index in [1.165, 1.54) is 4.88 Å². The summed E-state index contributed by atoms with van der Waals surface area (Å²) in [4.78, 5) is 21.5. The summed E-state index contributed by atoms with van der Waals surface area (Å²) in [5, 5.41) is 2.30. The molecule has 1 aliphatic heterocycles. The van der Waals surface area contributed by atoms with Gasteiger partial charge in [0.15, 0.2) is 14.6 Å². The molecule has 1 fully saturated rings. The number of amides is 1. The van der Waals surface area contributed by atoms with Crippen LogP contribution < -0.4 is 4.80 Å². The Labute approximate surface area is 203 Å². The Bertz CT molecular complexity index is 1340. The lowest BCUT2D eigenvalue weighted by atomic mass is 9.95. The molecule has 2 heterocycles. The SMILES string of the molecule is CCn1cc(C2CCN(C(=O)CCS(=O)(=O)c3ccc4cc(Cl)ccc4c3)CC2)s/c1=N\C. The first-order chi connectivity index (χ1) is 15.8. The van der Waals surface area contributed by atoms with Gasteiger partial charge in [-0.2, -0.15) is 0 Å². The molecule has 2 aromatic carbocycles. The number of thiazole rings is 1. The maximum absolute atomic E-state index is 12.9. The molecule has 33 heavy (non-hydrogen) atoms. The predicted molar refractivity (Wildman–Crippen MR) is 134 cm³/mol. The summed E-state index contributed by atoms with van der Waals surface area (Å²) in [7, 11) is -1.74. The van der Waals surface area contributed by atoms with Crippen LogP contribution in [0.4, 0.5) is 0 Å². The average Bonchev–Trinajstić information content (AvgIpc) is 3.26. The minimum atomic E-state index is -3.55. The van der Waals surface area contributed by atoms with E-state index in [1.807, 2.05) is 7.05 Å². The fourth-order valence-corrected chi connectivity index (χ4v) is 6.91. The second-order valence-corrected chi connectivity index (χ2v) is 11.9. The highest BCUT2D eigenvalue weighted by Crippen LogP contribution is 2.30. The number of piperidine rings is 1. The van der Waals surface area contributed by atoms with E-state index in [9.17, 15) is 13.2 Å². The van der Waals surface area contributed by atoms with Crippen LogP contribution in [-0.4, -0.2) is 49.7 Å². The van der Waals surface area contributed by atoms with Gasteiger partial charge in [0.2, 0.25) is 5.91 Å². The Morgan fingerprint density at radius 1 is 1.15 bits per heavy atom. The molecule has 0 atom stereocenters. The molecule has 0 unspecified atom stereocenters. The Morgan fingerprint density at radius 2 is 1.85 bits per heavy atom. The van der Waals surface area contributed by atoms with E-state index in [0.29, 0.717) is 24.0 Å². The van der Waals surface area contributed by atoms with Crippen molar-refractivity contribution in [2.45, 2.75) is 43.5 Å². The van der Waals surface area contributed by atoms with Gasteiger partial charge in [0.05, 0.1) is 10.6 Å². The van der Waals surface area contributed by atoms with Gasteiger partial charge < -0.3 is 9.47 Å². The van der Waals surface area contributed by atoms with Gasteiger partial charge >= 0.3 is 0 Å². The second-order valence-electron chi connectivity index (χ2n) is 8.30. The number of rotatable bonds is 6. The van der Waals surface area contributed by atoms with E-state index in [0.717, 1.165) is 35.0 Å². The van der Waals surface area contributed by atoms with Crippen LogP contribution in [0.1, 0.15) is 37.0 Å². The molecule has 0 N–H and O–H groups in total. The molecule has 0 saturated carbocycles. The van der Waals surface area contributed by atoms with Gasteiger partial charge in [0, 0.05) is 49.2 Å². The van der Waals surface area contributed by atoms with Gasteiger partial charge in [-0.1, -0.05) is 23.7 Å². The lowest BCUT2D eigenvalue weighted by Crippen LogP contribution is -2.38. The van der Waals surface area contributed by atoms with E-state index in [1.54, 1.807) is 52.6 Å². The average molecular weight is 506 g/mol. The van der Waals surface area contributed by atoms with Gasteiger partial charge in [-0.05, 0) is 60.7 Å². The molecule has 3 aromatic rings. The first kappa shape index (κ1) is 24.0. The van der Waals surface area contributed by atoms with Crippen molar-refractivity contribution in [2.75, 3.05) is 25.9 Å². The summed E-state index contributed by atoms with van der Waals surface area (Å²) >= 11 is 7.73. The fraction of sp³-hybridized carbons (Fsp3) is 0.417. The number of fused-ring (bicyclic) bond motifs is 1. The van der Waals surface area contributed by atoms with Crippen molar-refractivity contribution in [3.8, 4) is 0 Å². The van der Waals surface area contributed by atoms with E-state index < -0.39 is 9.84 Å². The van der Waals surface area contributed by atoms with Gasteiger partial charge in [0.1, 0.15) is 0 Å². The van der Waals surface area contributed by atoms with Crippen molar-refractivity contribution in [1.82, 2.24) is 9.47 Å². The number of likely N-dealkylation sites (tertiary alicyclic amines) is 1. The molecule has 0 aliphatic carbocycles. The van der Waals surface area contributed by atoms with Crippen LogP contribution in [0.2, 0.25) is 5.02 Å². The minimum Gasteiger partial charge on any atom is -0.343 e. The summed E-state index contributed by atoms with van der Waals surface area (Å²) in [5.74, 6) is 0.138. The van der Waals surface area contributed by atoms with Gasteiger partial charge in [-0.3, -0.25) is 9.79 Å². The number of aromatic nitrogens is 1. The van der Waals surface area contributed by atoms with E-state index >= 15 is 0 Å². The number of sulfone groups is 1. The minimum absolute atomic E-state index is 0.000640. The Hall–Kier alpha value is -2.16. The van der Waals surface area contributed by atoms with Crippen LogP contribution in [0, 0.1) is 0 Å². The van der Waals surface area contributed by atoms with Crippen LogP contribution in [0.25, 0.3) is 10.8 Å². The lowest BCUT2D eigenvalue weighted by Gasteiger charge is -2.31. The van der Waals surface area contributed by atoms with Crippen LogP contribution in [-0.2, 0) is 21.2 Å². The summed E-state index contributed by atoms with van der Waals surface area (Å²) in [6.07, 6.45) is 3.96. The third-order valence-electron chi connectivity index (χ3n) is 6.24. The molecule has 1 saturated heterocycles. The van der Waals surface area contributed by atoms with Gasteiger partial charge in [-0.25, -0.2) is 8.42 Å². The van der Waals surface area contributed by atoms with E-state index in [4.69, 9.17) is 11.6 Å². The van der Waals surface area contributed by atoms with Gasteiger partial charge in [0.25, 0.3) is 0 Å². The second kappa shape index (κ2) is 9.99. The van der Waals surface area contributed by atoms with Crippen molar-refractivity contribution < 1.29 is 13.2 Å². The number of hydrogen-bond acceptors (Lipinski definition) is 5. The Balaban J connectivity index is 1.35. The standard InChI is InChI=1S/C24H28ClN3O3S2/c1-3-27-16-22(32-24(27)26-2)17-8-11-28(12-9-17)23(29)10-13-33(30,31)21-7-5-18-14-20(25)6-4-19(18)15-21/h4-7,14-17H,3,8-13H2,1-2H3/b26-24-. The zero-order valence-electron chi connectivity index (χ0n) is 18.8. The smallest absolute Gasteiger partial charge is 0.223 e. The highest BCUT2D eigenvalue weighted by molar-refractivity contribution is 7.91. The number of carbonyl (C=O) groups excluding carboxylic acids is 1. The maximum atomic E-state index is 12.9. The van der Waals surface area contributed by atoms with E-state index in [-0.39, 0.29) is 23.0 Å². The van der Waals surface area contributed by atoms with Crippen molar-refractivity contribution in [3.05, 3.63) is 57.3 Å². The largest absolute Gasteiger partial charge is 0.343 e. The fourth-order valence-electron chi connectivity index (χ4n) is 4.29. The Kier molecular flexibility index (Phi) is 7.26. The molecule has 4 rings (SSSR count). The third-order valence-corrected chi connectivity index (χ3v) is 9.46. The number of nitrogens with zero attached hydrogens (tertiary/aromatic N) is 3. The summed E-state index contributed by atoms with van der Waals surface area (Å²) in [6.45, 7) is 4.31. The number of aryl methyl sites for hydroxylation is 1. The van der Waals surface area contributed by atoms with Crippen molar-refractivity contribution in [1.29, 1.82) is 0 Å². The monoisotopic (exact) mass is 505 g/mol. The van der Waals surface area contributed by atoms with Crippen molar-refractivity contribution >= 4 is 49.5 Å². The Morgan fingerprint density at radius 3 is 2.52 bits per heavy atom. The topological polar surface area (TPSA) is 71.7 Å². The normalized spacial score (nSPS) is 16.0. The molecule has 1 aromatic heterocycles. The van der Waals surface area contributed by atoms with Crippen molar-refractivity contribution in [2.24, 2.45) is 4.99 Å². The summed E-state index contributed by atoms with van der Waals surface area (Å²) in [6, 6.07) is 10.3. The van der Waals surface area contributed by atoms with Gasteiger partial charge in [-0.15, -0.1) is 11.3 Å². The molecular weight excluding hydrogens is 478 g/mol. The molecule has 6 nitrogen and oxygen atoms in total. The number of hydrogen-bond donors (Lipinski definition) is 0. The van der Waals surface area contributed by atoms with Crippen molar-refractivity contribution in [3.63, 3.8) is 0 Å². The van der Waals surface area contributed by atoms with Crippen LogP contribution >= 0.6 is 22.9 Å². The highest BCUT2D eigenvalue weighted by atomic mass is 35.5. The predicted octanol–water partition coefficient (Wildman–Crippen LogP) is 4.48. The number of benzene rings is 2. The first-order valence-electron chi connectivity index (χ1n) is 11.1. The molecule has 9 heteroatoms. The molecule has 0 spiro atoms. The zero-order valence-corrected chi connectivity index (χ0v) is 21.2. The van der Waals surface area contributed by atoms with Crippen LogP contribution in [0.15, 0.2) is 52.5 Å². The molecule has 0 radical (unpaired) electrons. The maximum Gasteiger partial charge on any atom is 0.223 e. The zero-order chi connectivity index (χ0) is 23.6. The third kappa shape index (κ3) is 5.34. The molecule has 176 valence electrons. The summed E-state index contributed by atoms with van der Waals surface area (Å²) < 4.78 is 27.9. The number of carbonyl (C=O) groups is 1. The molecule has 0 bridgehead atoms. The van der Waals surface area contributed by atoms with E-state index in [2.05, 4.69) is 22.7 Å². The molecule has 1 amide bonds. The summed E-state index contributed by atoms with van der Waals surface area (Å²) in [5.41, 5.74) is 0. The molecular formula is C24H28ClN3O3S2. The van der Waals surface area contributed by atoms with Crippen LogP contribution in [0.3, 0.4) is 0 Å². The first-order valence-corrected chi connectivity index (χ1v) is 14.0.